The van der Waals surface area contributed by atoms with Crippen molar-refractivity contribution in [2.45, 2.75) is 45.6 Å². The van der Waals surface area contributed by atoms with Crippen LogP contribution in [0.5, 0.6) is 0 Å². The highest BCUT2D eigenvalue weighted by molar-refractivity contribution is 7.99. The summed E-state index contributed by atoms with van der Waals surface area (Å²) in [5, 5.41) is 5.08. The van der Waals surface area contributed by atoms with Gasteiger partial charge in [-0.2, -0.15) is 11.8 Å². The van der Waals surface area contributed by atoms with E-state index in [1.54, 1.807) is 0 Å². The third-order valence-corrected chi connectivity index (χ3v) is 5.78. The lowest BCUT2D eigenvalue weighted by atomic mass is 9.99. The Morgan fingerprint density at radius 1 is 1.41 bits per heavy atom. The van der Waals surface area contributed by atoms with Crippen LogP contribution in [-0.4, -0.2) is 23.0 Å². The average molecular weight is 270 g/mol. The topological polar surface area (TPSA) is 24.9 Å². The molecular weight excluding hydrogens is 248 g/mol. The van der Waals surface area contributed by atoms with Crippen LogP contribution in [0.15, 0.2) is 0 Å². The maximum atomic E-state index is 4.88. The van der Waals surface area contributed by atoms with Gasteiger partial charge in [0.05, 0.1) is 11.2 Å². The van der Waals surface area contributed by atoms with Crippen LogP contribution < -0.4 is 5.32 Å². The first-order valence-corrected chi connectivity index (χ1v) is 8.48. The number of nitrogens with one attached hydrogen (secondary N) is 1. The molecule has 0 bridgehead atoms. The van der Waals surface area contributed by atoms with Gasteiger partial charge in [0.2, 0.25) is 0 Å². The van der Waals surface area contributed by atoms with Crippen LogP contribution in [0.2, 0.25) is 0 Å². The molecule has 0 spiro atoms. The summed E-state index contributed by atoms with van der Waals surface area (Å²) in [6.07, 6.45) is 3.48. The Labute approximate surface area is 113 Å². The number of aromatic nitrogens is 1. The summed E-state index contributed by atoms with van der Waals surface area (Å²) >= 11 is 3.95. The molecule has 1 saturated heterocycles. The number of hydrogen-bond acceptors (Lipinski definition) is 4. The number of aryl methyl sites for hydroxylation is 2. The highest BCUT2D eigenvalue weighted by Crippen LogP contribution is 2.39. The minimum atomic E-state index is 0.170. The van der Waals surface area contributed by atoms with Crippen molar-refractivity contribution in [3.05, 3.63) is 15.6 Å². The minimum absolute atomic E-state index is 0.170. The molecular formula is C13H22N2S2. The first kappa shape index (κ1) is 13.4. The maximum absolute atomic E-state index is 4.88. The summed E-state index contributed by atoms with van der Waals surface area (Å²) < 4.78 is 0. The largest absolute Gasteiger partial charge is 0.305 e. The van der Waals surface area contributed by atoms with E-state index in [0.717, 1.165) is 13.0 Å². The van der Waals surface area contributed by atoms with E-state index in [4.69, 9.17) is 4.98 Å². The Morgan fingerprint density at radius 2 is 2.24 bits per heavy atom. The van der Waals surface area contributed by atoms with Gasteiger partial charge in [0, 0.05) is 10.6 Å². The van der Waals surface area contributed by atoms with Crippen LogP contribution in [-0.2, 0) is 12.0 Å². The first-order chi connectivity index (χ1) is 8.22. The number of thiazole rings is 1. The SMILES string of the molecule is CCCNC1(c2nc(CC)c(C)s2)CCSC1. The number of thioether (sulfide) groups is 1. The van der Waals surface area contributed by atoms with Crippen molar-refractivity contribution in [1.82, 2.24) is 10.3 Å². The molecule has 1 atom stereocenters. The van der Waals surface area contributed by atoms with Gasteiger partial charge in [0.25, 0.3) is 0 Å². The van der Waals surface area contributed by atoms with Crippen LogP contribution in [0, 0.1) is 6.92 Å². The lowest BCUT2D eigenvalue weighted by Crippen LogP contribution is -2.42. The highest BCUT2D eigenvalue weighted by Gasteiger charge is 2.38. The molecule has 0 aliphatic carbocycles. The van der Waals surface area contributed by atoms with Crippen LogP contribution >= 0.6 is 23.1 Å². The first-order valence-electron chi connectivity index (χ1n) is 6.51. The van der Waals surface area contributed by atoms with Crippen molar-refractivity contribution in [2.75, 3.05) is 18.1 Å². The van der Waals surface area contributed by atoms with E-state index in [-0.39, 0.29) is 5.54 Å². The van der Waals surface area contributed by atoms with Crippen molar-refractivity contribution < 1.29 is 0 Å². The lowest BCUT2D eigenvalue weighted by molar-refractivity contribution is 0.375. The summed E-state index contributed by atoms with van der Waals surface area (Å²) in [7, 11) is 0. The fraction of sp³-hybridized carbons (Fsp3) is 0.769. The Balaban J connectivity index is 2.25. The summed E-state index contributed by atoms with van der Waals surface area (Å²) in [6, 6.07) is 0. The van der Waals surface area contributed by atoms with Crippen molar-refractivity contribution in [1.29, 1.82) is 0 Å². The molecule has 2 rings (SSSR count). The molecule has 1 N–H and O–H groups in total. The molecule has 1 aromatic heterocycles. The Morgan fingerprint density at radius 3 is 2.76 bits per heavy atom. The minimum Gasteiger partial charge on any atom is -0.305 e. The monoisotopic (exact) mass is 270 g/mol. The Hall–Kier alpha value is -0.0600. The fourth-order valence-corrected chi connectivity index (χ4v) is 4.93. The number of rotatable bonds is 5. The maximum Gasteiger partial charge on any atom is 0.114 e. The molecule has 2 nitrogen and oxygen atoms in total. The van der Waals surface area contributed by atoms with Gasteiger partial charge in [-0.25, -0.2) is 4.98 Å². The molecule has 1 fully saturated rings. The zero-order valence-electron chi connectivity index (χ0n) is 11.0. The van der Waals surface area contributed by atoms with E-state index >= 15 is 0 Å². The quantitative estimate of drug-likeness (QED) is 0.888. The van der Waals surface area contributed by atoms with E-state index in [2.05, 4.69) is 37.8 Å². The predicted octanol–water partition coefficient (Wildman–Crippen LogP) is 3.35. The molecule has 17 heavy (non-hydrogen) atoms. The molecule has 0 radical (unpaired) electrons. The molecule has 96 valence electrons. The zero-order valence-corrected chi connectivity index (χ0v) is 12.6. The van der Waals surface area contributed by atoms with Gasteiger partial charge in [0.1, 0.15) is 5.01 Å². The second-order valence-electron chi connectivity index (χ2n) is 4.69. The lowest BCUT2D eigenvalue weighted by Gasteiger charge is -2.27. The summed E-state index contributed by atoms with van der Waals surface area (Å²) in [5.74, 6) is 2.44. The van der Waals surface area contributed by atoms with E-state index in [1.807, 2.05) is 11.3 Å². The third-order valence-electron chi connectivity index (χ3n) is 3.37. The average Bonchev–Trinajstić information content (AvgIpc) is 2.93. The number of hydrogen-bond donors (Lipinski definition) is 1. The molecule has 0 saturated carbocycles. The third kappa shape index (κ3) is 2.69. The van der Waals surface area contributed by atoms with Gasteiger partial charge in [-0.15, -0.1) is 11.3 Å². The fourth-order valence-electron chi connectivity index (χ4n) is 2.27. The molecule has 1 unspecified atom stereocenters. The molecule has 2 heterocycles. The predicted molar refractivity (Wildman–Crippen MR) is 78.1 cm³/mol. The van der Waals surface area contributed by atoms with Gasteiger partial charge in [-0.05, 0) is 38.5 Å². The van der Waals surface area contributed by atoms with Crippen molar-refractivity contribution in [3.63, 3.8) is 0 Å². The summed E-state index contributed by atoms with van der Waals surface area (Å²) in [4.78, 5) is 6.28. The summed E-state index contributed by atoms with van der Waals surface area (Å²) in [6.45, 7) is 7.73. The van der Waals surface area contributed by atoms with Crippen LogP contribution in [0.1, 0.15) is 42.3 Å². The zero-order chi connectivity index (χ0) is 12.3. The van der Waals surface area contributed by atoms with Crippen LogP contribution in [0.25, 0.3) is 0 Å². The van der Waals surface area contributed by atoms with E-state index in [9.17, 15) is 0 Å². The second-order valence-corrected chi connectivity index (χ2v) is 7.00. The van der Waals surface area contributed by atoms with E-state index < -0.39 is 0 Å². The molecule has 1 aliphatic heterocycles. The standard InChI is InChI=1S/C13H22N2S2/c1-4-7-14-13(6-8-16-9-13)12-15-11(5-2)10(3)17-12/h14H,4-9H2,1-3H3. The Bertz CT molecular complexity index is 367. The van der Waals surface area contributed by atoms with Crippen molar-refractivity contribution in [2.24, 2.45) is 0 Å². The molecule has 0 aromatic carbocycles. The van der Waals surface area contributed by atoms with E-state index in [1.165, 1.54) is 39.9 Å². The van der Waals surface area contributed by atoms with E-state index in [0.29, 0.717) is 0 Å². The van der Waals surface area contributed by atoms with Crippen LogP contribution in [0.3, 0.4) is 0 Å². The molecule has 1 aromatic rings. The van der Waals surface area contributed by atoms with Crippen molar-refractivity contribution >= 4 is 23.1 Å². The van der Waals surface area contributed by atoms with Gasteiger partial charge in [-0.1, -0.05) is 13.8 Å². The van der Waals surface area contributed by atoms with Crippen molar-refractivity contribution in [3.8, 4) is 0 Å². The second kappa shape index (κ2) is 5.72. The number of nitrogens with zero attached hydrogens (tertiary/aromatic N) is 1. The van der Waals surface area contributed by atoms with Gasteiger partial charge < -0.3 is 5.32 Å². The van der Waals surface area contributed by atoms with Gasteiger partial charge in [0.15, 0.2) is 0 Å². The molecule has 4 heteroatoms. The van der Waals surface area contributed by atoms with Gasteiger partial charge >= 0.3 is 0 Å². The van der Waals surface area contributed by atoms with Crippen LogP contribution in [0.4, 0.5) is 0 Å². The molecule has 1 aliphatic rings. The Kier molecular flexibility index (Phi) is 4.50. The normalized spacial score (nSPS) is 24.4. The summed E-state index contributed by atoms with van der Waals surface area (Å²) in [5.41, 5.74) is 1.46. The smallest absolute Gasteiger partial charge is 0.114 e. The molecule has 0 amide bonds. The highest BCUT2D eigenvalue weighted by atomic mass is 32.2. The van der Waals surface area contributed by atoms with Gasteiger partial charge in [-0.3, -0.25) is 0 Å².